The van der Waals surface area contributed by atoms with Gasteiger partial charge < -0.3 is 14.6 Å². The van der Waals surface area contributed by atoms with Crippen LogP contribution in [-0.2, 0) is 11.3 Å². The molecule has 0 aliphatic carbocycles. The van der Waals surface area contributed by atoms with E-state index in [1.165, 1.54) is 5.56 Å². The van der Waals surface area contributed by atoms with Gasteiger partial charge in [0.25, 0.3) is 0 Å². The van der Waals surface area contributed by atoms with Crippen molar-refractivity contribution in [2.45, 2.75) is 26.0 Å². The molecule has 0 saturated heterocycles. The summed E-state index contributed by atoms with van der Waals surface area (Å²) in [5.41, 5.74) is 1.21. The monoisotopic (exact) mass is 267 g/mol. The van der Waals surface area contributed by atoms with E-state index < -0.39 is 0 Å². The Labute approximate surface area is 115 Å². The second-order valence-corrected chi connectivity index (χ2v) is 4.64. The number of aliphatic hydroxyl groups is 1. The highest BCUT2D eigenvalue weighted by Crippen LogP contribution is 2.13. The summed E-state index contributed by atoms with van der Waals surface area (Å²) in [6.07, 6.45) is 0.488. The predicted octanol–water partition coefficient (Wildman–Crippen LogP) is 1.91. The van der Waals surface area contributed by atoms with Crippen LogP contribution in [0, 0.1) is 0 Å². The van der Waals surface area contributed by atoms with Crippen molar-refractivity contribution in [2.24, 2.45) is 0 Å². The quantitative estimate of drug-likeness (QED) is 0.742. The Morgan fingerprint density at radius 3 is 2.42 bits per heavy atom. The molecule has 0 unspecified atom stereocenters. The van der Waals surface area contributed by atoms with Gasteiger partial charge in [-0.25, -0.2) is 0 Å². The highest BCUT2D eigenvalue weighted by atomic mass is 16.5. The van der Waals surface area contributed by atoms with E-state index in [0.29, 0.717) is 13.2 Å². The van der Waals surface area contributed by atoms with Crippen molar-refractivity contribution in [3.05, 3.63) is 29.8 Å². The number of aliphatic hydroxyl groups excluding tert-OH is 1. The zero-order valence-electron chi connectivity index (χ0n) is 12.1. The standard InChI is InChI=1S/C15H25NO3/c1-4-14(17)12-16(9-10-18-2)11-13-5-7-15(19-3)8-6-13/h5-8,14,17H,4,9-12H2,1-3H3/t14-/m0/s1. The van der Waals surface area contributed by atoms with Crippen LogP contribution >= 0.6 is 0 Å². The summed E-state index contributed by atoms with van der Waals surface area (Å²) in [6, 6.07) is 8.02. The largest absolute Gasteiger partial charge is 0.497 e. The van der Waals surface area contributed by atoms with Crippen LogP contribution in [0.15, 0.2) is 24.3 Å². The predicted molar refractivity (Wildman–Crippen MR) is 76.4 cm³/mol. The number of rotatable bonds is 9. The molecule has 4 heteroatoms. The van der Waals surface area contributed by atoms with Gasteiger partial charge in [-0.2, -0.15) is 0 Å². The minimum atomic E-state index is -0.282. The summed E-state index contributed by atoms with van der Waals surface area (Å²) in [4.78, 5) is 2.21. The van der Waals surface area contributed by atoms with Crippen LogP contribution in [0.2, 0.25) is 0 Å². The molecule has 0 heterocycles. The highest BCUT2D eigenvalue weighted by Gasteiger charge is 2.10. The minimum Gasteiger partial charge on any atom is -0.497 e. The van der Waals surface area contributed by atoms with Crippen molar-refractivity contribution in [2.75, 3.05) is 33.9 Å². The fourth-order valence-electron chi connectivity index (χ4n) is 1.87. The molecule has 1 rings (SSSR count). The summed E-state index contributed by atoms with van der Waals surface area (Å²) >= 11 is 0. The molecule has 0 radical (unpaired) electrons. The van der Waals surface area contributed by atoms with Gasteiger partial charge in [0.1, 0.15) is 5.75 Å². The van der Waals surface area contributed by atoms with E-state index in [2.05, 4.69) is 17.0 Å². The molecule has 1 atom stereocenters. The Balaban J connectivity index is 2.58. The van der Waals surface area contributed by atoms with E-state index in [4.69, 9.17) is 9.47 Å². The van der Waals surface area contributed by atoms with E-state index >= 15 is 0 Å². The van der Waals surface area contributed by atoms with Gasteiger partial charge in [0.15, 0.2) is 0 Å². The fraction of sp³-hybridized carbons (Fsp3) is 0.600. The Bertz CT molecular complexity index is 340. The molecule has 0 fully saturated rings. The van der Waals surface area contributed by atoms with Crippen molar-refractivity contribution in [1.29, 1.82) is 0 Å². The van der Waals surface area contributed by atoms with Crippen molar-refractivity contribution in [3.63, 3.8) is 0 Å². The van der Waals surface area contributed by atoms with Gasteiger partial charge in [-0.15, -0.1) is 0 Å². The first-order chi connectivity index (χ1) is 9.19. The van der Waals surface area contributed by atoms with Crippen molar-refractivity contribution in [3.8, 4) is 5.75 Å². The average molecular weight is 267 g/mol. The number of benzene rings is 1. The molecule has 1 N–H and O–H groups in total. The third-order valence-electron chi connectivity index (χ3n) is 3.12. The van der Waals surface area contributed by atoms with E-state index in [9.17, 15) is 5.11 Å². The second-order valence-electron chi connectivity index (χ2n) is 4.64. The van der Waals surface area contributed by atoms with Gasteiger partial charge in [0.2, 0.25) is 0 Å². The summed E-state index contributed by atoms with van der Waals surface area (Å²) in [5, 5.41) is 9.79. The molecule has 108 valence electrons. The molecule has 0 amide bonds. The molecule has 1 aromatic carbocycles. The number of ether oxygens (including phenoxy) is 2. The van der Waals surface area contributed by atoms with Crippen LogP contribution < -0.4 is 4.74 Å². The van der Waals surface area contributed by atoms with Gasteiger partial charge in [-0.3, -0.25) is 4.90 Å². The van der Waals surface area contributed by atoms with E-state index in [1.54, 1.807) is 14.2 Å². The molecule has 4 nitrogen and oxygen atoms in total. The third-order valence-corrected chi connectivity index (χ3v) is 3.12. The number of hydrogen-bond donors (Lipinski definition) is 1. The third kappa shape index (κ3) is 6.05. The normalized spacial score (nSPS) is 12.7. The maximum absolute atomic E-state index is 9.79. The van der Waals surface area contributed by atoms with Crippen LogP contribution in [-0.4, -0.2) is 50.0 Å². The lowest BCUT2D eigenvalue weighted by Gasteiger charge is -2.24. The van der Waals surface area contributed by atoms with Gasteiger partial charge >= 0.3 is 0 Å². The number of methoxy groups -OCH3 is 2. The molecule has 1 aromatic rings. The van der Waals surface area contributed by atoms with Gasteiger partial charge in [0.05, 0.1) is 19.8 Å². The molecular weight excluding hydrogens is 242 g/mol. The first-order valence-corrected chi connectivity index (χ1v) is 6.71. The molecule has 0 spiro atoms. The van der Waals surface area contributed by atoms with Crippen LogP contribution in [0.1, 0.15) is 18.9 Å². The molecular formula is C15H25NO3. The molecule has 0 aliphatic rings. The minimum absolute atomic E-state index is 0.282. The zero-order chi connectivity index (χ0) is 14.1. The topological polar surface area (TPSA) is 41.9 Å². The smallest absolute Gasteiger partial charge is 0.118 e. The van der Waals surface area contributed by atoms with Crippen LogP contribution in [0.4, 0.5) is 0 Å². The number of hydrogen-bond acceptors (Lipinski definition) is 4. The summed E-state index contributed by atoms with van der Waals surface area (Å²) in [6.45, 7) is 4.97. The first kappa shape index (κ1) is 16.0. The summed E-state index contributed by atoms with van der Waals surface area (Å²) in [7, 11) is 3.36. The fourth-order valence-corrected chi connectivity index (χ4v) is 1.87. The highest BCUT2D eigenvalue weighted by molar-refractivity contribution is 5.27. The number of nitrogens with zero attached hydrogens (tertiary/aromatic N) is 1. The maximum Gasteiger partial charge on any atom is 0.118 e. The molecule has 0 bridgehead atoms. The van der Waals surface area contributed by atoms with Crippen LogP contribution in [0.3, 0.4) is 0 Å². The SMILES string of the molecule is CC[C@H](O)CN(CCOC)Cc1ccc(OC)cc1. The Kier molecular flexibility index (Phi) is 7.48. The Morgan fingerprint density at radius 2 is 1.89 bits per heavy atom. The maximum atomic E-state index is 9.79. The lowest BCUT2D eigenvalue weighted by atomic mass is 10.2. The van der Waals surface area contributed by atoms with Crippen molar-refractivity contribution >= 4 is 0 Å². The first-order valence-electron chi connectivity index (χ1n) is 6.71. The molecule has 0 saturated carbocycles. The summed E-state index contributed by atoms with van der Waals surface area (Å²) in [5.74, 6) is 0.862. The Morgan fingerprint density at radius 1 is 1.21 bits per heavy atom. The van der Waals surface area contributed by atoms with Crippen LogP contribution in [0.25, 0.3) is 0 Å². The lowest BCUT2D eigenvalue weighted by Crippen LogP contribution is -2.34. The summed E-state index contributed by atoms with van der Waals surface area (Å²) < 4.78 is 10.3. The van der Waals surface area contributed by atoms with Gasteiger partial charge in [-0.1, -0.05) is 19.1 Å². The van der Waals surface area contributed by atoms with Crippen molar-refractivity contribution < 1.29 is 14.6 Å². The lowest BCUT2D eigenvalue weighted by molar-refractivity contribution is 0.0830. The molecule has 0 aliphatic heterocycles. The van der Waals surface area contributed by atoms with Crippen LogP contribution in [0.5, 0.6) is 5.75 Å². The zero-order valence-corrected chi connectivity index (χ0v) is 12.1. The van der Waals surface area contributed by atoms with E-state index in [1.807, 2.05) is 19.1 Å². The van der Waals surface area contributed by atoms with Crippen molar-refractivity contribution in [1.82, 2.24) is 4.90 Å². The van der Waals surface area contributed by atoms with E-state index in [-0.39, 0.29) is 6.10 Å². The molecule has 19 heavy (non-hydrogen) atoms. The molecule has 0 aromatic heterocycles. The van der Waals surface area contributed by atoms with Gasteiger partial charge in [-0.05, 0) is 24.1 Å². The average Bonchev–Trinajstić information content (AvgIpc) is 2.45. The Hall–Kier alpha value is -1.10. The second kappa shape index (κ2) is 8.91. The van der Waals surface area contributed by atoms with Gasteiger partial charge in [0, 0.05) is 26.7 Å². The van der Waals surface area contributed by atoms with E-state index in [0.717, 1.165) is 25.3 Å².